The van der Waals surface area contributed by atoms with Gasteiger partial charge in [-0.3, -0.25) is 4.79 Å². The molecule has 0 radical (unpaired) electrons. The first kappa shape index (κ1) is 15.7. The molecule has 2 aromatic rings. The molecule has 1 saturated heterocycles. The van der Waals surface area contributed by atoms with Gasteiger partial charge in [0.2, 0.25) is 0 Å². The van der Waals surface area contributed by atoms with E-state index < -0.39 is 0 Å². The monoisotopic (exact) mass is 315 g/mol. The summed E-state index contributed by atoms with van der Waals surface area (Å²) in [6.07, 6.45) is 4.01. The standard InChI is InChI=1S/C17H21N3O3/c1-22-12-15-18-16(19-23-15)14-10-6-3-7-11-20(14)17(21)13-8-4-2-5-9-13/h2,4-5,8-9,14H,3,6-7,10-12H2,1H3/t14-/m1/s1. The quantitative estimate of drug-likeness (QED) is 0.867. The second kappa shape index (κ2) is 7.37. The molecule has 0 saturated carbocycles. The van der Waals surface area contributed by atoms with E-state index in [2.05, 4.69) is 10.1 Å². The molecule has 1 aromatic heterocycles. The Kier molecular flexibility index (Phi) is 5.02. The number of ether oxygens (including phenoxy) is 1. The smallest absolute Gasteiger partial charge is 0.254 e. The molecular formula is C17H21N3O3. The van der Waals surface area contributed by atoms with Crippen molar-refractivity contribution in [3.63, 3.8) is 0 Å². The Hall–Kier alpha value is -2.21. The molecule has 3 rings (SSSR count). The SMILES string of the molecule is COCc1nc([C@H]2CCCCCN2C(=O)c2ccccc2)no1. The van der Waals surface area contributed by atoms with Crippen molar-refractivity contribution in [2.24, 2.45) is 0 Å². The number of benzene rings is 1. The van der Waals surface area contributed by atoms with Crippen LogP contribution in [0.1, 0.15) is 53.8 Å². The highest BCUT2D eigenvalue weighted by atomic mass is 16.5. The molecule has 6 heteroatoms. The second-order valence-electron chi connectivity index (χ2n) is 5.71. The van der Waals surface area contributed by atoms with E-state index >= 15 is 0 Å². The molecule has 0 unspecified atom stereocenters. The number of methoxy groups -OCH3 is 1. The van der Waals surface area contributed by atoms with E-state index in [-0.39, 0.29) is 18.6 Å². The van der Waals surface area contributed by atoms with Crippen LogP contribution in [0.3, 0.4) is 0 Å². The molecule has 2 heterocycles. The topological polar surface area (TPSA) is 68.5 Å². The van der Waals surface area contributed by atoms with Gasteiger partial charge in [-0.25, -0.2) is 0 Å². The zero-order valence-corrected chi connectivity index (χ0v) is 13.3. The van der Waals surface area contributed by atoms with E-state index in [0.717, 1.165) is 25.7 Å². The fourth-order valence-corrected chi connectivity index (χ4v) is 2.95. The molecule has 23 heavy (non-hydrogen) atoms. The Morgan fingerprint density at radius 3 is 2.91 bits per heavy atom. The lowest BCUT2D eigenvalue weighted by Gasteiger charge is -2.27. The third-order valence-corrected chi connectivity index (χ3v) is 4.08. The van der Waals surface area contributed by atoms with Crippen LogP contribution in [0, 0.1) is 0 Å². The van der Waals surface area contributed by atoms with Crippen LogP contribution >= 0.6 is 0 Å². The highest BCUT2D eigenvalue weighted by Gasteiger charge is 2.30. The zero-order chi connectivity index (χ0) is 16.1. The maximum Gasteiger partial charge on any atom is 0.254 e. The molecule has 6 nitrogen and oxygen atoms in total. The van der Waals surface area contributed by atoms with Crippen molar-refractivity contribution in [2.75, 3.05) is 13.7 Å². The predicted octanol–water partition coefficient (Wildman–Crippen LogP) is 2.97. The Balaban J connectivity index is 1.86. The van der Waals surface area contributed by atoms with E-state index in [0.29, 0.717) is 23.8 Å². The average Bonchev–Trinajstić information content (AvgIpc) is 2.91. The molecule has 1 fully saturated rings. The van der Waals surface area contributed by atoms with Gasteiger partial charge in [-0.15, -0.1) is 0 Å². The number of likely N-dealkylation sites (tertiary alicyclic amines) is 1. The lowest BCUT2D eigenvalue weighted by atomic mass is 10.1. The minimum atomic E-state index is -0.139. The van der Waals surface area contributed by atoms with Gasteiger partial charge in [-0.2, -0.15) is 4.98 Å². The van der Waals surface area contributed by atoms with Crippen LogP contribution < -0.4 is 0 Å². The third-order valence-electron chi connectivity index (χ3n) is 4.08. The summed E-state index contributed by atoms with van der Waals surface area (Å²) in [5, 5.41) is 4.07. The van der Waals surface area contributed by atoms with Crippen molar-refractivity contribution in [1.82, 2.24) is 15.0 Å². The minimum absolute atomic E-state index is 0.0237. The summed E-state index contributed by atoms with van der Waals surface area (Å²) in [4.78, 5) is 19.2. The van der Waals surface area contributed by atoms with Crippen molar-refractivity contribution >= 4 is 5.91 Å². The molecule has 1 aromatic carbocycles. The van der Waals surface area contributed by atoms with Gasteiger partial charge < -0.3 is 14.2 Å². The summed E-state index contributed by atoms with van der Waals surface area (Å²) in [5.41, 5.74) is 0.694. The van der Waals surface area contributed by atoms with E-state index in [4.69, 9.17) is 9.26 Å². The van der Waals surface area contributed by atoms with Crippen molar-refractivity contribution in [2.45, 2.75) is 38.3 Å². The van der Waals surface area contributed by atoms with Crippen LogP contribution in [0.15, 0.2) is 34.9 Å². The molecule has 0 spiro atoms. The Bertz CT molecular complexity index is 642. The second-order valence-corrected chi connectivity index (χ2v) is 5.71. The molecule has 122 valence electrons. The summed E-state index contributed by atoms with van der Waals surface area (Å²) >= 11 is 0. The summed E-state index contributed by atoms with van der Waals surface area (Å²) < 4.78 is 10.2. The average molecular weight is 315 g/mol. The fourth-order valence-electron chi connectivity index (χ4n) is 2.95. The molecule has 0 bridgehead atoms. The highest BCUT2D eigenvalue weighted by molar-refractivity contribution is 5.94. The predicted molar refractivity (Wildman–Crippen MR) is 83.7 cm³/mol. The van der Waals surface area contributed by atoms with E-state index in [1.165, 1.54) is 0 Å². The van der Waals surface area contributed by atoms with Gasteiger partial charge in [0.05, 0.1) is 6.04 Å². The highest BCUT2D eigenvalue weighted by Crippen LogP contribution is 2.29. The number of hydrogen-bond acceptors (Lipinski definition) is 5. The largest absolute Gasteiger partial charge is 0.375 e. The molecule has 1 amide bonds. The molecular weight excluding hydrogens is 294 g/mol. The Morgan fingerprint density at radius 2 is 2.13 bits per heavy atom. The normalized spacial score (nSPS) is 18.7. The molecule has 0 N–H and O–H groups in total. The van der Waals surface area contributed by atoms with Crippen LogP contribution in [0.5, 0.6) is 0 Å². The van der Waals surface area contributed by atoms with Crippen LogP contribution in [-0.2, 0) is 11.3 Å². The van der Waals surface area contributed by atoms with E-state index in [1.54, 1.807) is 7.11 Å². The van der Waals surface area contributed by atoms with Gasteiger partial charge in [0.1, 0.15) is 6.61 Å². The lowest BCUT2D eigenvalue weighted by molar-refractivity contribution is 0.0670. The summed E-state index contributed by atoms with van der Waals surface area (Å²) in [6, 6.07) is 9.22. The molecule has 1 atom stereocenters. The molecule has 0 aliphatic carbocycles. The third kappa shape index (κ3) is 3.59. The number of rotatable bonds is 4. The number of carbonyl (C=O) groups excluding carboxylic acids is 1. The Morgan fingerprint density at radius 1 is 1.30 bits per heavy atom. The number of hydrogen-bond donors (Lipinski definition) is 0. The number of nitrogens with zero attached hydrogens (tertiary/aromatic N) is 3. The fraction of sp³-hybridized carbons (Fsp3) is 0.471. The van der Waals surface area contributed by atoms with Crippen LogP contribution in [0.4, 0.5) is 0 Å². The van der Waals surface area contributed by atoms with Gasteiger partial charge in [0, 0.05) is 19.2 Å². The van der Waals surface area contributed by atoms with Gasteiger partial charge in [-0.05, 0) is 25.0 Å². The van der Waals surface area contributed by atoms with Crippen LogP contribution in [0.25, 0.3) is 0 Å². The van der Waals surface area contributed by atoms with Crippen molar-refractivity contribution in [1.29, 1.82) is 0 Å². The van der Waals surface area contributed by atoms with Crippen LogP contribution in [0.2, 0.25) is 0 Å². The number of aromatic nitrogens is 2. The summed E-state index contributed by atoms with van der Waals surface area (Å²) in [5.74, 6) is 1.04. The maximum absolute atomic E-state index is 12.9. The van der Waals surface area contributed by atoms with Crippen molar-refractivity contribution in [3.8, 4) is 0 Å². The Labute approximate surface area is 135 Å². The molecule has 1 aliphatic rings. The van der Waals surface area contributed by atoms with Crippen LogP contribution in [-0.4, -0.2) is 34.6 Å². The van der Waals surface area contributed by atoms with E-state index in [9.17, 15) is 4.79 Å². The first-order valence-corrected chi connectivity index (χ1v) is 7.97. The maximum atomic E-state index is 12.9. The summed E-state index contributed by atoms with van der Waals surface area (Å²) in [6.45, 7) is 0.999. The zero-order valence-electron chi connectivity index (χ0n) is 13.3. The first-order chi connectivity index (χ1) is 11.3. The van der Waals surface area contributed by atoms with Gasteiger partial charge in [0.15, 0.2) is 5.82 Å². The van der Waals surface area contributed by atoms with Crippen molar-refractivity contribution in [3.05, 3.63) is 47.6 Å². The van der Waals surface area contributed by atoms with E-state index in [1.807, 2.05) is 35.2 Å². The summed E-state index contributed by atoms with van der Waals surface area (Å²) in [7, 11) is 1.58. The number of carbonyl (C=O) groups is 1. The lowest BCUT2D eigenvalue weighted by Crippen LogP contribution is -2.35. The van der Waals surface area contributed by atoms with Gasteiger partial charge >= 0.3 is 0 Å². The molecule has 1 aliphatic heterocycles. The van der Waals surface area contributed by atoms with Crippen molar-refractivity contribution < 1.29 is 14.1 Å². The van der Waals surface area contributed by atoms with Gasteiger partial charge in [0.25, 0.3) is 11.8 Å². The first-order valence-electron chi connectivity index (χ1n) is 7.97. The minimum Gasteiger partial charge on any atom is -0.375 e. The van der Waals surface area contributed by atoms with Gasteiger partial charge in [-0.1, -0.05) is 36.2 Å². The number of amides is 1.